The van der Waals surface area contributed by atoms with Gasteiger partial charge in [0.25, 0.3) is 11.8 Å². The van der Waals surface area contributed by atoms with Crippen LogP contribution in [0.15, 0.2) is 79.7 Å². The van der Waals surface area contributed by atoms with Gasteiger partial charge in [0.2, 0.25) is 0 Å². The van der Waals surface area contributed by atoms with Crippen LogP contribution in [0.3, 0.4) is 0 Å². The minimum Gasteiger partial charge on any atom is -0.490 e. The molecule has 0 aromatic heterocycles. The zero-order chi connectivity index (χ0) is 24.2. The summed E-state index contributed by atoms with van der Waals surface area (Å²) in [7, 11) is 0. The van der Waals surface area contributed by atoms with Crippen LogP contribution >= 0.6 is 47.8 Å². The number of ether oxygens (including phenoxy) is 2. The van der Waals surface area contributed by atoms with Crippen LogP contribution in [0.25, 0.3) is 6.08 Å². The molecule has 3 aromatic rings. The Bertz CT molecular complexity index is 1260. The van der Waals surface area contributed by atoms with Crippen molar-refractivity contribution in [2.24, 2.45) is 0 Å². The monoisotopic (exact) mass is 648 g/mol. The van der Waals surface area contributed by atoms with Crippen molar-refractivity contribution in [3.8, 4) is 11.5 Å². The third-order valence-corrected chi connectivity index (χ3v) is 7.63. The Labute approximate surface area is 222 Å². The fraction of sp³-hybridized carbons (Fsp3) is 0.120. The number of halogens is 3. The Balaban J connectivity index is 1.66. The van der Waals surface area contributed by atoms with E-state index in [1.54, 1.807) is 30.3 Å². The first-order valence-electron chi connectivity index (χ1n) is 10.3. The van der Waals surface area contributed by atoms with Gasteiger partial charge in [0.15, 0.2) is 11.5 Å². The molecule has 3 aromatic carbocycles. The number of para-hydroxylation sites is 1. The van der Waals surface area contributed by atoms with E-state index in [-0.39, 0.29) is 5.57 Å². The highest BCUT2D eigenvalue weighted by molar-refractivity contribution is 9.13. The Kier molecular flexibility index (Phi) is 7.75. The number of hydrazine groups is 1. The minimum atomic E-state index is -0.481. The highest BCUT2D eigenvalue weighted by atomic mass is 79.9. The first kappa shape index (κ1) is 24.5. The minimum absolute atomic E-state index is 0.0161. The largest absolute Gasteiger partial charge is 0.490 e. The normalized spacial score (nSPS) is 14.5. The number of carbonyl (C=O) groups excluding carboxylic acids is 2. The third kappa shape index (κ3) is 5.21. The second-order valence-corrected chi connectivity index (χ2v) is 9.75. The molecule has 0 spiro atoms. The Hall–Kier alpha value is -2.62. The van der Waals surface area contributed by atoms with Gasteiger partial charge < -0.3 is 9.47 Å². The van der Waals surface area contributed by atoms with Crippen molar-refractivity contribution in [1.82, 2.24) is 5.43 Å². The number of carbonyl (C=O) groups is 2. The molecule has 9 heteroatoms. The number of benzene rings is 3. The first-order chi connectivity index (χ1) is 16.4. The molecule has 0 unspecified atom stereocenters. The summed E-state index contributed by atoms with van der Waals surface area (Å²) in [6, 6.07) is 18.5. The summed E-state index contributed by atoms with van der Waals surface area (Å²) in [5, 5.41) is 1.23. The molecule has 1 aliphatic rings. The van der Waals surface area contributed by atoms with E-state index in [1.807, 2.05) is 37.3 Å². The van der Waals surface area contributed by atoms with Crippen molar-refractivity contribution < 1.29 is 19.1 Å². The Morgan fingerprint density at radius 2 is 1.65 bits per heavy atom. The predicted molar refractivity (Wildman–Crippen MR) is 142 cm³/mol. The van der Waals surface area contributed by atoms with Crippen LogP contribution < -0.4 is 19.9 Å². The lowest BCUT2D eigenvalue weighted by atomic mass is 10.1. The molecule has 1 saturated heterocycles. The summed E-state index contributed by atoms with van der Waals surface area (Å²) in [5.74, 6) is 0.0948. The summed E-state index contributed by atoms with van der Waals surface area (Å²) in [6.45, 7) is 2.63. The third-order valence-electron chi connectivity index (χ3n) is 4.96. The maximum absolute atomic E-state index is 13.0. The summed E-state index contributed by atoms with van der Waals surface area (Å²) in [5.41, 5.74) is 4.80. The van der Waals surface area contributed by atoms with Crippen LogP contribution in [0, 0.1) is 0 Å². The first-order valence-corrected chi connectivity index (χ1v) is 12.7. The predicted octanol–water partition coefficient (Wildman–Crippen LogP) is 6.41. The molecule has 6 nitrogen and oxygen atoms in total. The summed E-state index contributed by atoms with van der Waals surface area (Å²) < 4.78 is 14.1. The van der Waals surface area contributed by atoms with Crippen molar-refractivity contribution in [2.45, 2.75) is 13.5 Å². The van der Waals surface area contributed by atoms with Crippen molar-refractivity contribution in [3.63, 3.8) is 0 Å². The van der Waals surface area contributed by atoms with Gasteiger partial charge in [-0.1, -0.05) is 46.3 Å². The van der Waals surface area contributed by atoms with Gasteiger partial charge in [-0.3, -0.25) is 15.0 Å². The molecule has 0 aliphatic carbocycles. The summed E-state index contributed by atoms with van der Waals surface area (Å²) in [4.78, 5) is 25.6. The fourth-order valence-electron chi connectivity index (χ4n) is 3.31. The van der Waals surface area contributed by atoms with Crippen LogP contribution in [0.5, 0.6) is 11.5 Å². The second-order valence-electron chi connectivity index (χ2n) is 7.24. The Morgan fingerprint density at radius 3 is 2.32 bits per heavy atom. The molecule has 0 radical (unpaired) electrons. The molecule has 34 heavy (non-hydrogen) atoms. The molecule has 1 heterocycles. The van der Waals surface area contributed by atoms with Gasteiger partial charge in [-0.2, -0.15) is 0 Å². The fourth-order valence-corrected chi connectivity index (χ4v) is 4.53. The molecule has 1 N–H and O–H groups in total. The standard InChI is InChI=1S/C25H19Br3N2O4/c1-2-33-20-13-16(12-19-24(31)29-30(25(19)32)18-6-4-3-5-7-18)21(27)22(28)23(20)34-14-15-8-10-17(26)11-9-15/h3-13H,2,14H2,1H3,(H,29,31)/b19-12-. The average molecular weight is 651 g/mol. The maximum atomic E-state index is 13.0. The molecule has 1 fully saturated rings. The van der Waals surface area contributed by atoms with E-state index < -0.39 is 11.8 Å². The number of hydrogen-bond donors (Lipinski definition) is 1. The molecule has 1 aliphatic heterocycles. The van der Waals surface area contributed by atoms with Crippen LogP contribution in [0.2, 0.25) is 0 Å². The van der Waals surface area contributed by atoms with E-state index in [2.05, 4.69) is 53.2 Å². The van der Waals surface area contributed by atoms with Crippen LogP contribution in [0.1, 0.15) is 18.1 Å². The molecule has 174 valence electrons. The van der Waals surface area contributed by atoms with Crippen LogP contribution in [-0.2, 0) is 16.2 Å². The lowest BCUT2D eigenvalue weighted by Gasteiger charge is -2.17. The van der Waals surface area contributed by atoms with E-state index in [0.717, 1.165) is 10.0 Å². The van der Waals surface area contributed by atoms with E-state index in [4.69, 9.17) is 9.47 Å². The van der Waals surface area contributed by atoms with E-state index in [0.29, 0.717) is 44.9 Å². The lowest BCUT2D eigenvalue weighted by molar-refractivity contribution is -0.117. The van der Waals surface area contributed by atoms with Gasteiger partial charge in [0.1, 0.15) is 12.2 Å². The van der Waals surface area contributed by atoms with Gasteiger partial charge in [-0.15, -0.1) is 0 Å². The van der Waals surface area contributed by atoms with Crippen molar-refractivity contribution in [3.05, 3.63) is 90.8 Å². The maximum Gasteiger partial charge on any atom is 0.282 e. The molecular weight excluding hydrogens is 632 g/mol. The van der Waals surface area contributed by atoms with Gasteiger partial charge >= 0.3 is 0 Å². The smallest absolute Gasteiger partial charge is 0.282 e. The molecule has 0 saturated carbocycles. The van der Waals surface area contributed by atoms with Crippen LogP contribution in [-0.4, -0.2) is 18.4 Å². The zero-order valence-corrected chi connectivity index (χ0v) is 22.7. The van der Waals surface area contributed by atoms with Crippen molar-refractivity contribution in [2.75, 3.05) is 11.6 Å². The molecule has 0 bridgehead atoms. The van der Waals surface area contributed by atoms with Gasteiger partial charge in [0, 0.05) is 8.95 Å². The average Bonchev–Trinajstić information content (AvgIpc) is 3.12. The number of nitrogens with one attached hydrogen (secondary N) is 1. The topological polar surface area (TPSA) is 67.9 Å². The van der Waals surface area contributed by atoms with Crippen LogP contribution in [0.4, 0.5) is 5.69 Å². The van der Waals surface area contributed by atoms with Gasteiger partial charge in [-0.05, 0) is 86.3 Å². The number of amides is 2. The zero-order valence-electron chi connectivity index (χ0n) is 18.0. The molecular formula is C25H19Br3N2O4. The number of nitrogens with zero attached hydrogens (tertiary/aromatic N) is 1. The highest BCUT2D eigenvalue weighted by Crippen LogP contribution is 2.44. The second kappa shape index (κ2) is 10.8. The van der Waals surface area contributed by atoms with E-state index in [9.17, 15) is 9.59 Å². The lowest BCUT2D eigenvalue weighted by Crippen LogP contribution is -2.35. The van der Waals surface area contributed by atoms with Gasteiger partial charge in [0.05, 0.1) is 16.8 Å². The van der Waals surface area contributed by atoms with Crippen molar-refractivity contribution >= 4 is 71.4 Å². The summed E-state index contributed by atoms with van der Waals surface area (Å²) in [6.07, 6.45) is 1.54. The molecule has 0 atom stereocenters. The summed E-state index contributed by atoms with van der Waals surface area (Å²) >= 11 is 10.6. The molecule has 4 rings (SSSR count). The number of anilines is 1. The quantitative estimate of drug-likeness (QED) is 0.237. The molecule has 2 amide bonds. The number of hydrogen-bond acceptors (Lipinski definition) is 4. The highest BCUT2D eigenvalue weighted by Gasteiger charge is 2.34. The van der Waals surface area contributed by atoms with E-state index >= 15 is 0 Å². The SMILES string of the molecule is CCOc1cc(/C=C2/C(=O)NN(c3ccccc3)C2=O)c(Br)c(Br)c1OCc1ccc(Br)cc1. The van der Waals surface area contributed by atoms with Gasteiger partial charge in [-0.25, -0.2) is 5.01 Å². The number of rotatable bonds is 7. The van der Waals surface area contributed by atoms with E-state index in [1.165, 1.54) is 11.1 Å². The van der Waals surface area contributed by atoms with Crippen molar-refractivity contribution in [1.29, 1.82) is 0 Å². The Morgan fingerprint density at radius 1 is 0.941 bits per heavy atom.